The second-order valence-electron chi connectivity index (χ2n) is 4.95. The number of ether oxygens (including phenoxy) is 1. The summed E-state index contributed by atoms with van der Waals surface area (Å²) in [6.45, 7) is 5.12. The first-order chi connectivity index (χ1) is 10.7. The number of rotatable bonds is 7. The first-order valence-corrected chi connectivity index (χ1v) is 7.23. The molecule has 2 aromatic carbocycles. The van der Waals surface area contributed by atoms with Crippen LogP contribution in [0.3, 0.4) is 0 Å². The number of amides is 1. The summed E-state index contributed by atoms with van der Waals surface area (Å²) in [5.74, 6) is 0.786. The molecule has 0 saturated carbocycles. The number of carbonyl (C=O) groups is 1. The number of nitrogens with one attached hydrogen (secondary N) is 2. The Kier molecular flexibility index (Phi) is 5.98. The van der Waals surface area contributed by atoms with Crippen LogP contribution >= 0.6 is 0 Å². The van der Waals surface area contributed by atoms with E-state index in [0.717, 1.165) is 24.5 Å². The fourth-order valence-electron chi connectivity index (χ4n) is 2.02. The van der Waals surface area contributed by atoms with Crippen molar-refractivity contribution in [3.05, 3.63) is 66.6 Å². The molecule has 0 saturated heterocycles. The van der Waals surface area contributed by atoms with Gasteiger partial charge in [-0.1, -0.05) is 24.3 Å². The summed E-state index contributed by atoms with van der Waals surface area (Å²) < 4.78 is 5.14. The van der Waals surface area contributed by atoms with Gasteiger partial charge in [0.05, 0.1) is 7.11 Å². The molecule has 0 aliphatic carbocycles. The van der Waals surface area contributed by atoms with E-state index < -0.39 is 0 Å². The van der Waals surface area contributed by atoms with Gasteiger partial charge >= 0.3 is 0 Å². The van der Waals surface area contributed by atoms with Crippen molar-refractivity contribution in [2.75, 3.05) is 12.4 Å². The first kappa shape index (κ1) is 16.0. The molecule has 2 aromatic rings. The SMILES string of the molecule is [CH2]CC(=O)Nc1ccc(CNCc2ccc(OC)cc2)cc1. The van der Waals surface area contributed by atoms with Gasteiger partial charge in [0.2, 0.25) is 5.91 Å². The van der Waals surface area contributed by atoms with Crippen molar-refractivity contribution in [2.45, 2.75) is 19.5 Å². The summed E-state index contributed by atoms with van der Waals surface area (Å²) in [5, 5.41) is 6.17. The highest BCUT2D eigenvalue weighted by Gasteiger charge is 1.99. The van der Waals surface area contributed by atoms with Crippen molar-refractivity contribution >= 4 is 11.6 Å². The standard InChI is InChI=1S/C18H21N2O2/c1-3-18(21)20-16-8-4-14(5-9-16)12-19-13-15-6-10-17(22-2)11-7-15/h4-11,19H,1,3,12-13H2,2H3,(H,20,21). The van der Waals surface area contributed by atoms with Crippen LogP contribution in [0.15, 0.2) is 48.5 Å². The van der Waals surface area contributed by atoms with Crippen LogP contribution in [0, 0.1) is 6.92 Å². The molecule has 0 heterocycles. The van der Waals surface area contributed by atoms with Gasteiger partial charge in [0.1, 0.15) is 5.75 Å². The predicted octanol–water partition coefficient (Wildman–Crippen LogP) is 3.15. The van der Waals surface area contributed by atoms with Crippen LogP contribution in [0.4, 0.5) is 5.69 Å². The monoisotopic (exact) mass is 297 g/mol. The molecule has 115 valence electrons. The lowest BCUT2D eigenvalue weighted by Crippen LogP contribution is -2.13. The number of methoxy groups -OCH3 is 1. The Morgan fingerprint density at radius 1 is 1.00 bits per heavy atom. The molecule has 0 spiro atoms. The van der Waals surface area contributed by atoms with Crippen molar-refractivity contribution in [2.24, 2.45) is 0 Å². The number of anilines is 1. The summed E-state index contributed by atoms with van der Waals surface area (Å²) in [7, 11) is 1.66. The van der Waals surface area contributed by atoms with Crippen LogP contribution in [0.2, 0.25) is 0 Å². The highest BCUT2D eigenvalue weighted by atomic mass is 16.5. The zero-order valence-corrected chi connectivity index (χ0v) is 12.8. The number of hydrogen-bond donors (Lipinski definition) is 2. The van der Waals surface area contributed by atoms with E-state index >= 15 is 0 Å². The zero-order valence-electron chi connectivity index (χ0n) is 12.8. The molecule has 0 unspecified atom stereocenters. The molecule has 1 amide bonds. The third-order valence-corrected chi connectivity index (χ3v) is 3.28. The normalized spacial score (nSPS) is 10.3. The molecule has 4 heteroatoms. The molecule has 2 N–H and O–H groups in total. The Morgan fingerprint density at radius 2 is 1.55 bits per heavy atom. The van der Waals surface area contributed by atoms with E-state index in [4.69, 9.17) is 4.74 Å². The van der Waals surface area contributed by atoms with Gasteiger partial charge in [0.15, 0.2) is 0 Å². The molecule has 0 fully saturated rings. The van der Waals surface area contributed by atoms with Gasteiger partial charge in [-0.2, -0.15) is 0 Å². The lowest BCUT2D eigenvalue weighted by molar-refractivity contribution is -0.115. The Bertz CT molecular complexity index is 591. The Hall–Kier alpha value is -2.33. The first-order valence-electron chi connectivity index (χ1n) is 7.23. The van der Waals surface area contributed by atoms with Gasteiger partial charge in [0.25, 0.3) is 0 Å². The Labute approximate surface area is 131 Å². The van der Waals surface area contributed by atoms with Crippen LogP contribution in [-0.2, 0) is 17.9 Å². The van der Waals surface area contributed by atoms with Crippen molar-refractivity contribution in [3.63, 3.8) is 0 Å². The van der Waals surface area contributed by atoms with Crippen LogP contribution in [0.25, 0.3) is 0 Å². The number of benzene rings is 2. The maximum absolute atomic E-state index is 11.2. The predicted molar refractivity (Wildman–Crippen MR) is 88.6 cm³/mol. The zero-order chi connectivity index (χ0) is 15.8. The second kappa shape index (κ2) is 8.20. The molecule has 4 nitrogen and oxygen atoms in total. The van der Waals surface area contributed by atoms with Crippen molar-refractivity contribution in [1.82, 2.24) is 5.32 Å². The van der Waals surface area contributed by atoms with Gasteiger partial charge in [-0.15, -0.1) is 0 Å². The molecule has 22 heavy (non-hydrogen) atoms. The van der Waals surface area contributed by atoms with Crippen LogP contribution in [0.5, 0.6) is 5.75 Å². The van der Waals surface area contributed by atoms with E-state index in [-0.39, 0.29) is 12.3 Å². The third kappa shape index (κ3) is 4.90. The van der Waals surface area contributed by atoms with Gasteiger partial charge in [0, 0.05) is 25.2 Å². The molecular weight excluding hydrogens is 276 g/mol. The van der Waals surface area contributed by atoms with Gasteiger partial charge in [-0.3, -0.25) is 4.79 Å². The third-order valence-electron chi connectivity index (χ3n) is 3.28. The summed E-state index contributed by atoms with van der Waals surface area (Å²) in [6.07, 6.45) is 0.241. The average molecular weight is 297 g/mol. The molecule has 0 aliphatic rings. The van der Waals surface area contributed by atoms with Crippen LogP contribution in [-0.4, -0.2) is 13.0 Å². The van der Waals surface area contributed by atoms with Gasteiger partial charge < -0.3 is 15.4 Å². The lowest BCUT2D eigenvalue weighted by atomic mass is 10.2. The number of hydrogen-bond acceptors (Lipinski definition) is 3. The topological polar surface area (TPSA) is 50.4 Å². The number of carbonyl (C=O) groups excluding carboxylic acids is 1. The van der Waals surface area contributed by atoms with Crippen molar-refractivity contribution in [1.29, 1.82) is 0 Å². The fourth-order valence-corrected chi connectivity index (χ4v) is 2.02. The molecule has 0 atom stereocenters. The quantitative estimate of drug-likeness (QED) is 0.825. The van der Waals surface area contributed by atoms with Crippen LogP contribution in [0.1, 0.15) is 17.5 Å². The summed E-state index contributed by atoms with van der Waals surface area (Å²) >= 11 is 0. The minimum absolute atomic E-state index is 0.0784. The van der Waals surface area contributed by atoms with Crippen molar-refractivity contribution in [3.8, 4) is 5.75 Å². The molecule has 2 rings (SSSR count). The average Bonchev–Trinajstić information content (AvgIpc) is 2.57. The van der Waals surface area contributed by atoms with Crippen molar-refractivity contribution < 1.29 is 9.53 Å². The molecule has 0 aromatic heterocycles. The minimum atomic E-state index is -0.0784. The Balaban J connectivity index is 1.80. The van der Waals surface area contributed by atoms with Gasteiger partial charge in [-0.05, 0) is 42.3 Å². The Morgan fingerprint density at radius 3 is 2.05 bits per heavy atom. The maximum atomic E-state index is 11.2. The van der Waals surface area contributed by atoms with E-state index in [9.17, 15) is 4.79 Å². The largest absolute Gasteiger partial charge is 0.497 e. The summed E-state index contributed by atoms with van der Waals surface area (Å²) in [6, 6.07) is 15.8. The van der Waals surface area contributed by atoms with E-state index in [1.807, 2.05) is 48.5 Å². The second-order valence-corrected chi connectivity index (χ2v) is 4.95. The molecular formula is C18H21N2O2. The van der Waals surface area contributed by atoms with E-state index in [1.54, 1.807) is 7.11 Å². The summed E-state index contributed by atoms with van der Waals surface area (Å²) in [5.41, 5.74) is 3.17. The maximum Gasteiger partial charge on any atom is 0.224 e. The van der Waals surface area contributed by atoms with E-state index in [0.29, 0.717) is 0 Å². The van der Waals surface area contributed by atoms with E-state index in [1.165, 1.54) is 11.1 Å². The van der Waals surface area contributed by atoms with E-state index in [2.05, 4.69) is 17.6 Å². The smallest absolute Gasteiger partial charge is 0.224 e. The minimum Gasteiger partial charge on any atom is -0.497 e. The molecule has 0 aliphatic heterocycles. The lowest BCUT2D eigenvalue weighted by Gasteiger charge is -2.08. The van der Waals surface area contributed by atoms with Crippen LogP contribution < -0.4 is 15.4 Å². The highest BCUT2D eigenvalue weighted by Crippen LogP contribution is 2.12. The van der Waals surface area contributed by atoms with Gasteiger partial charge in [-0.25, -0.2) is 0 Å². The molecule has 1 radical (unpaired) electrons. The fraction of sp³-hybridized carbons (Fsp3) is 0.222. The summed E-state index contributed by atoms with van der Waals surface area (Å²) in [4.78, 5) is 11.2. The molecule has 0 bridgehead atoms. The highest BCUT2D eigenvalue weighted by molar-refractivity contribution is 5.90.